The van der Waals surface area contributed by atoms with Crippen LogP contribution in [0, 0.1) is 0 Å². The fourth-order valence-electron chi connectivity index (χ4n) is 3.19. The fraction of sp³-hybridized carbons (Fsp3) is 0.263. The van der Waals surface area contributed by atoms with E-state index in [0.29, 0.717) is 23.0 Å². The van der Waals surface area contributed by atoms with Crippen molar-refractivity contribution in [1.29, 1.82) is 0 Å². The summed E-state index contributed by atoms with van der Waals surface area (Å²) in [5.74, 6) is 0. The highest BCUT2D eigenvalue weighted by atomic mass is 32.2. The minimum absolute atomic E-state index is 0.259. The number of thiophene rings is 1. The molecule has 2 N–H and O–H groups in total. The van der Waals surface area contributed by atoms with E-state index in [0.717, 1.165) is 28.6 Å². The lowest BCUT2D eigenvalue weighted by atomic mass is 10.2. The highest BCUT2D eigenvalue weighted by Gasteiger charge is 2.28. The number of hydrogen-bond acceptors (Lipinski definition) is 5. The lowest BCUT2D eigenvalue weighted by molar-refractivity contribution is 0.252. The van der Waals surface area contributed by atoms with E-state index in [1.54, 1.807) is 18.3 Å². The summed E-state index contributed by atoms with van der Waals surface area (Å²) in [4.78, 5) is 17.3. The van der Waals surface area contributed by atoms with Crippen LogP contribution >= 0.6 is 11.3 Å². The van der Waals surface area contributed by atoms with Crippen molar-refractivity contribution in [1.82, 2.24) is 14.6 Å². The number of rotatable bonds is 5. The first kappa shape index (κ1) is 18.9. The van der Waals surface area contributed by atoms with Gasteiger partial charge in [-0.1, -0.05) is 6.07 Å². The van der Waals surface area contributed by atoms with Gasteiger partial charge < -0.3 is 10.6 Å². The second-order valence-corrected chi connectivity index (χ2v) is 9.85. The van der Waals surface area contributed by atoms with E-state index < -0.39 is 10.0 Å². The van der Waals surface area contributed by atoms with E-state index in [1.165, 1.54) is 15.6 Å². The number of carbonyl (C=O) groups excluding carboxylic acids is 1. The number of carbonyl (C=O) groups is 1. The van der Waals surface area contributed by atoms with Gasteiger partial charge in [-0.2, -0.15) is 4.31 Å². The number of amides is 2. The summed E-state index contributed by atoms with van der Waals surface area (Å²) in [6.45, 7) is 1.42. The van der Waals surface area contributed by atoms with Gasteiger partial charge in [0.15, 0.2) is 0 Å². The summed E-state index contributed by atoms with van der Waals surface area (Å²) >= 11 is 1.20. The predicted octanol–water partition coefficient (Wildman–Crippen LogP) is 3.40. The third-order valence-electron chi connectivity index (χ3n) is 4.61. The molecule has 2 aromatic heterocycles. The molecule has 2 amide bonds. The quantitative estimate of drug-likeness (QED) is 0.667. The van der Waals surface area contributed by atoms with Gasteiger partial charge >= 0.3 is 6.03 Å². The van der Waals surface area contributed by atoms with Crippen molar-refractivity contribution >= 4 is 44.0 Å². The maximum atomic E-state index is 12.6. The molecule has 0 spiro atoms. The number of nitrogens with zero attached hydrogens (tertiary/aromatic N) is 2. The van der Waals surface area contributed by atoms with Crippen molar-refractivity contribution in [3.8, 4) is 0 Å². The zero-order valence-electron chi connectivity index (χ0n) is 15.1. The van der Waals surface area contributed by atoms with Gasteiger partial charge in [0.25, 0.3) is 10.0 Å². The summed E-state index contributed by atoms with van der Waals surface area (Å²) in [6, 6.07) is 12.3. The Morgan fingerprint density at radius 1 is 1.11 bits per heavy atom. The molecule has 3 heterocycles. The molecule has 0 radical (unpaired) electrons. The molecule has 7 nitrogen and oxygen atoms in total. The molecule has 0 unspecified atom stereocenters. The second kappa shape index (κ2) is 7.86. The summed E-state index contributed by atoms with van der Waals surface area (Å²) < 4.78 is 27.0. The number of nitrogens with one attached hydrogen (secondary N) is 2. The molecule has 1 aromatic carbocycles. The van der Waals surface area contributed by atoms with E-state index in [2.05, 4.69) is 15.6 Å². The maximum absolute atomic E-state index is 12.6. The maximum Gasteiger partial charge on any atom is 0.319 e. The Kier molecular flexibility index (Phi) is 5.29. The van der Waals surface area contributed by atoms with Gasteiger partial charge in [-0.3, -0.25) is 4.98 Å². The monoisotopic (exact) mass is 416 g/mol. The number of pyridine rings is 1. The average molecular weight is 417 g/mol. The van der Waals surface area contributed by atoms with Gasteiger partial charge in [0.2, 0.25) is 0 Å². The molecule has 146 valence electrons. The fourth-order valence-corrected chi connectivity index (χ4v) is 6.16. The molecule has 9 heteroatoms. The Bertz CT molecular complexity index is 1100. The number of benzene rings is 1. The normalized spacial score (nSPS) is 15.0. The number of anilines is 1. The second-order valence-electron chi connectivity index (χ2n) is 6.52. The third-order valence-corrected chi connectivity index (χ3v) is 8.06. The summed E-state index contributed by atoms with van der Waals surface area (Å²) in [5.41, 5.74) is 1.47. The number of sulfonamides is 1. The largest absolute Gasteiger partial charge is 0.333 e. The van der Waals surface area contributed by atoms with Crippen LogP contribution in [0.2, 0.25) is 0 Å². The van der Waals surface area contributed by atoms with Crippen molar-refractivity contribution < 1.29 is 13.2 Å². The zero-order valence-corrected chi connectivity index (χ0v) is 16.7. The standard InChI is InChI=1S/C19H20N4O3S2/c24-19(22-17-7-3-6-16-15(17)5-4-10-20-16)21-13-14-8-9-18(27-14)28(25,26)23-11-1-2-12-23/h3-10H,1-2,11-13H2,(H2,21,22,24). The molecule has 28 heavy (non-hydrogen) atoms. The van der Waals surface area contributed by atoms with E-state index >= 15 is 0 Å². The van der Waals surface area contributed by atoms with E-state index in [1.807, 2.05) is 30.3 Å². The Morgan fingerprint density at radius 2 is 1.93 bits per heavy atom. The zero-order chi connectivity index (χ0) is 19.6. The summed E-state index contributed by atoms with van der Waals surface area (Å²) in [5, 5.41) is 6.46. The van der Waals surface area contributed by atoms with Crippen molar-refractivity contribution in [3.63, 3.8) is 0 Å². The van der Waals surface area contributed by atoms with Crippen LogP contribution in [0.5, 0.6) is 0 Å². The molecule has 0 saturated carbocycles. The molecule has 0 bridgehead atoms. The Hall–Kier alpha value is -2.49. The number of fused-ring (bicyclic) bond motifs is 1. The molecule has 0 atom stereocenters. The Morgan fingerprint density at radius 3 is 2.75 bits per heavy atom. The van der Waals surface area contributed by atoms with Crippen LogP contribution in [0.15, 0.2) is 52.9 Å². The van der Waals surface area contributed by atoms with E-state index in [-0.39, 0.29) is 12.6 Å². The molecule has 3 aromatic rings. The first-order valence-corrected chi connectivity index (χ1v) is 11.3. The SMILES string of the molecule is O=C(NCc1ccc(S(=O)(=O)N2CCCC2)s1)Nc1cccc2ncccc12. The molecule has 1 fully saturated rings. The topological polar surface area (TPSA) is 91.4 Å². The van der Waals surface area contributed by atoms with Gasteiger partial charge in [0.1, 0.15) is 4.21 Å². The predicted molar refractivity (Wildman–Crippen MR) is 110 cm³/mol. The number of urea groups is 1. The van der Waals surface area contributed by atoms with Crippen molar-refractivity contribution in [3.05, 3.63) is 53.5 Å². The Labute approximate surface area is 167 Å². The minimum atomic E-state index is -3.41. The molecule has 4 rings (SSSR count). The first-order valence-electron chi connectivity index (χ1n) is 9.01. The average Bonchev–Trinajstić information content (AvgIpc) is 3.39. The van der Waals surface area contributed by atoms with Gasteiger partial charge in [0, 0.05) is 29.5 Å². The van der Waals surface area contributed by atoms with Crippen LogP contribution < -0.4 is 10.6 Å². The molecule has 1 saturated heterocycles. The van der Waals surface area contributed by atoms with Crippen LogP contribution in [0.25, 0.3) is 10.9 Å². The van der Waals surface area contributed by atoms with E-state index in [9.17, 15) is 13.2 Å². The number of aromatic nitrogens is 1. The van der Waals surface area contributed by atoms with Crippen LogP contribution in [0.1, 0.15) is 17.7 Å². The van der Waals surface area contributed by atoms with Crippen molar-refractivity contribution in [2.24, 2.45) is 0 Å². The summed E-state index contributed by atoms with van der Waals surface area (Å²) in [6.07, 6.45) is 3.52. The molecular formula is C19H20N4O3S2. The van der Waals surface area contributed by atoms with Gasteiger partial charge in [-0.25, -0.2) is 13.2 Å². The lowest BCUT2D eigenvalue weighted by Gasteiger charge is -2.13. The molecule has 1 aliphatic rings. The molecular weight excluding hydrogens is 396 g/mol. The van der Waals surface area contributed by atoms with Crippen LogP contribution in [-0.4, -0.2) is 36.8 Å². The first-order chi connectivity index (χ1) is 13.5. The van der Waals surface area contributed by atoms with Crippen molar-refractivity contribution in [2.75, 3.05) is 18.4 Å². The highest BCUT2D eigenvalue weighted by Crippen LogP contribution is 2.27. The highest BCUT2D eigenvalue weighted by molar-refractivity contribution is 7.91. The van der Waals surface area contributed by atoms with Crippen LogP contribution in [0.4, 0.5) is 10.5 Å². The van der Waals surface area contributed by atoms with Crippen molar-refractivity contribution in [2.45, 2.75) is 23.6 Å². The lowest BCUT2D eigenvalue weighted by Crippen LogP contribution is -2.28. The van der Waals surface area contributed by atoms with Gasteiger partial charge in [0.05, 0.1) is 17.7 Å². The van der Waals surface area contributed by atoms with E-state index in [4.69, 9.17) is 0 Å². The minimum Gasteiger partial charge on any atom is -0.333 e. The number of hydrogen-bond donors (Lipinski definition) is 2. The molecule has 1 aliphatic heterocycles. The van der Waals surface area contributed by atoms with Crippen LogP contribution in [0.3, 0.4) is 0 Å². The summed E-state index contributed by atoms with van der Waals surface area (Å²) in [7, 11) is -3.41. The molecule has 0 aliphatic carbocycles. The smallest absolute Gasteiger partial charge is 0.319 e. The Balaban J connectivity index is 1.39. The van der Waals surface area contributed by atoms with Gasteiger partial charge in [-0.15, -0.1) is 11.3 Å². The van der Waals surface area contributed by atoms with Crippen LogP contribution in [-0.2, 0) is 16.6 Å². The van der Waals surface area contributed by atoms with Gasteiger partial charge in [-0.05, 0) is 49.2 Å². The third kappa shape index (κ3) is 3.87.